The molecular weight excluding hydrogens is 390 g/mol. The van der Waals surface area contributed by atoms with E-state index in [-0.39, 0.29) is 25.8 Å². The minimum Gasteiger partial charge on any atom is -0.481 e. The molecule has 0 radical (unpaired) electrons. The predicted octanol–water partition coefficient (Wildman–Crippen LogP) is -1.58. The number of ketones is 1. The van der Waals surface area contributed by atoms with Gasteiger partial charge in [-0.3, -0.25) is 24.0 Å². The zero-order valence-electron chi connectivity index (χ0n) is 15.9. The number of carboxylic acid groups (broad SMARTS) is 3. The molecule has 2 amide bonds. The summed E-state index contributed by atoms with van der Waals surface area (Å²) >= 11 is 0. The normalized spacial score (nSPS) is 19.3. The molecule has 6 N–H and O–H groups in total. The standard InChI is InChI=1S/C17H25N3O9/c1-8(18)16(27)19-10(2-4-13(22)23)15(26)9-6-12(21)20(7-9)11(17(28)29)3-5-14(24)25/h8-11H,2-7,18H2,1H3,(H,19,27)(H,22,23)(H,24,25)(H,28,29)/t8-,9-,10-,11-/m0/s1. The van der Waals surface area contributed by atoms with E-state index in [4.69, 9.17) is 15.9 Å². The van der Waals surface area contributed by atoms with E-state index in [2.05, 4.69) is 5.32 Å². The highest BCUT2D eigenvalue weighted by molar-refractivity contribution is 5.97. The van der Waals surface area contributed by atoms with Crippen molar-refractivity contribution in [2.45, 2.75) is 57.2 Å². The Bertz CT molecular complexity index is 692. The van der Waals surface area contributed by atoms with Crippen LogP contribution in [0.5, 0.6) is 0 Å². The third-order valence-electron chi connectivity index (χ3n) is 4.57. The van der Waals surface area contributed by atoms with E-state index in [1.165, 1.54) is 6.92 Å². The maximum atomic E-state index is 12.8. The van der Waals surface area contributed by atoms with Crippen LogP contribution in [0.3, 0.4) is 0 Å². The van der Waals surface area contributed by atoms with Gasteiger partial charge in [0.25, 0.3) is 0 Å². The van der Waals surface area contributed by atoms with Crippen LogP contribution in [0.4, 0.5) is 0 Å². The summed E-state index contributed by atoms with van der Waals surface area (Å²) in [4.78, 5) is 70.8. The lowest BCUT2D eigenvalue weighted by molar-refractivity contribution is -0.149. The average Bonchev–Trinajstić information content (AvgIpc) is 2.98. The zero-order chi connectivity index (χ0) is 22.3. The molecule has 0 aromatic heterocycles. The van der Waals surface area contributed by atoms with E-state index in [1.54, 1.807) is 0 Å². The maximum absolute atomic E-state index is 12.8. The highest BCUT2D eigenvalue weighted by Gasteiger charge is 2.42. The predicted molar refractivity (Wildman–Crippen MR) is 95.6 cm³/mol. The van der Waals surface area contributed by atoms with E-state index in [1.807, 2.05) is 0 Å². The molecule has 29 heavy (non-hydrogen) atoms. The summed E-state index contributed by atoms with van der Waals surface area (Å²) in [7, 11) is 0. The summed E-state index contributed by atoms with van der Waals surface area (Å²) < 4.78 is 0. The van der Waals surface area contributed by atoms with Crippen LogP contribution in [-0.2, 0) is 28.8 Å². The maximum Gasteiger partial charge on any atom is 0.326 e. The van der Waals surface area contributed by atoms with Gasteiger partial charge in [0.2, 0.25) is 11.8 Å². The van der Waals surface area contributed by atoms with Crippen molar-refractivity contribution < 1.29 is 44.1 Å². The smallest absolute Gasteiger partial charge is 0.326 e. The molecule has 1 rings (SSSR count). The Balaban J connectivity index is 2.93. The number of hydrogen-bond acceptors (Lipinski definition) is 7. The lowest BCUT2D eigenvalue weighted by Crippen LogP contribution is -2.49. The second-order valence-corrected chi connectivity index (χ2v) is 6.92. The van der Waals surface area contributed by atoms with Gasteiger partial charge >= 0.3 is 17.9 Å². The van der Waals surface area contributed by atoms with Gasteiger partial charge in [0, 0.05) is 31.7 Å². The number of Topliss-reactive ketones (excluding diaryl/α,β-unsaturated/α-hetero) is 1. The van der Waals surface area contributed by atoms with E-state index in [9.17, 15) is 33.9 Å². The Kier molecular flexibility index (Phi) is 8.70. The number of amides is 2. The van der Waals surface area contributed by atoms with Crippen LogP contribution in [0, 0.1) is 5.92 Å². The third-order valence-corrected chi connectivity index (χ3v) is 4.57. The molecule has 1 aliphatic rings. The van der Waals surface area contributed by atoms with Crippen LogP contribution in [0.2, 0.25) is 0 Å². The number of hydrogen-bond donors (Lipinski definition) is 5. The molecule has 0 bridgehead atoms. The fraction of sp³-hybridized carbons (Fsp3) is 0.647. The van der Waals surface area contributed by atoms with E-state index < -0.39 is 72.4 Å². The van der Waals surface area contributed by atoms with Crippen molar-refractivity contribution in [3.8, 4) is 0 Å². The second kappa shape index (κ2) is 10.5. The highest BCUT2D eigenvalue weighted by Crippen LogP contribution is 2.25. The first kappa shape index (κ1) is 24.0. The minimum atomic E-state index is -1.40. The quantitative estimate of drug-likeness (QED) is 0.247. The summed E-state index contributed by atoms with van der Waals surface area (Å²) in [5.74, 6) is -6.64. The van der Waals surface area contributed by atoms with Crippen molar-refractivity contribution in [2.24, 2.45) is 11.7 Å². The molecule has 0 spiro atoms. The Hall–Kier alpha value is -3.02. The SMILES string of the molecule is C[C@H](N)C(=O)N[C@@H](CCC(=O)O)C(=O)[C@H]1CC(=O)N([C@@H](CCC(=O)O)C(=O)O)C1. The molecule has 162 valence electrons. The van der Waals surface area contributed by atoms with Crippen molar-refractivity contribution in [2.75, 3.05) is 6.54 Å². The van der Waals surface area contributed by atoms with Crippen molar-refractivity contribution >= 4 is 35.5 Å². The largest absolute Gasteiger partial charge is 0.481 e. The van der Waals surface area contributed by atoms with Gasteiger partial charge < -0.3 is 31.3 Å². The molecule has 0 unspecified atom stereocenters. The number of nitrogens with one attached hydrogen (secondary N) is 1. The van der Waals surface area contributed by atoms with Gasteiger partial charge in [-0.1, -0.05) is 0 Å². The number of carboxylic acids is 3. The molecule has 1 heterocycles. The molecule has 1 aliphatic heterocycles. The Morgan fingerprint density at radius 3 is 2.14 bits per heavy atom. The van der Waals surface area contributed by atoms with Crippen molar-refractivity contribution in [3.05, 3.63) is 0 Å². The molecule has 1 saturated heterocycles. The van der Waals surface area contributed by atoms with Crippen LogP contribution < -0.4 is 11.1 Å². The fourth-order valence-electron chi connectivity index (χ4n) is 3.04. The fourth-order valence-corrected chi connectivity index (χ4v) is 3.04. The molecule has 0 aliphatic carbocycles. The lowest BCUT2D eigenvalue weighted by Gasteiger charge is -2.25. The van der Waals surface area contributed by atoms with Gasteiger partial charge in [-0.25, -0.2) is 4.79 Å². The van der Waals surface area contributed by atoms with Gasteiger partial charge in [0.15, 0.2) is 5.78 Å². The number of rotatable bonds is 12. The van der Waals surface area contributed by atoms with Gasteiger partial charge in [-0.15, -0.1) is 0 Å². The molecule has 1 fully saturated rings. The molecular formula is C17H25N3O9. The molecule has 0 aromatic rings. The topological polar surface area (TPSA) is 204 Å². The molecule has 12 nitrogen and oxygen atoms in total. The van der Waals surface area contributed by atoms with Gasteiger partial charge in [-0.2, -0.15) is 0 Å². The number of likely N-dealkylation sites (tertiary alicyclic amines) is 1. The number of nitrogens with zero attached hydrogens (tertiary/aromatic N) is 1. The number of aliphatic carboxylic acids is 3. The van der Waals surface area contributed by atoms with Gasteiger partial charge in [-0.05, 0) is 19.8 Å². The highest BCUT2D eigenvalue weighted by atomic mass is 16.4. The summed E-state index contributed by atoms with van der Waals surface area (Å²) in [5.41, 5.74) is 5.45. The van der Waals surface area contributed by atoms with E-state index in [0.717, 1.165) is 4.90 Å². The first-order valence-electron chi connectivity index (χ1n) is 8.99. The first-order valence-corrected chi connectivity index (χ1v) is 8.99. The van der Waals surface area contributed by atoms with E-state index in [0.29, 0.717) is 0 Å². The second-order valence-electron chi connectivity index (χ2n) is 6.92. The van der Waals surface area contributed by atoms with Crippen LogP contribution in [-0.4, -0.2) is 80.4 Å². The lowest BCUT2D eigenvalue weighted by atomic mass is 9.94. The van der Waals surface area contributed by atoms with Crippen molar-refractivity contribution in [1.82, 2.24) is 10.2 Å². The number of carbonyl (C=O) groups excluding carboxylic acids is 3. The van der Waals surface area contributed by atoms with Crippen molar-refractivity contribution in [3.63, 3.8) is 0 Å². The third kappa shape index (κ3) is 7.14. The van der Waals surface area contributed by atoms with Crippen LogP contribution in [0.25, 0.3) is 0 Å². The Morgan fingerprint density at radius 1 is 1.10 bits per heavy atom. The van der Waals surface area contributed by atoms with Gasteiger partial charge in [0.1, 0.15) is 6.04 Å². The minimum absolute atomic E-state index is 0.210. The van der Waals surface area contributed by atoms with Gasteiger partial charge in [0.05, 0.1) is 12.1 Å². The molecule has 12 heteroatoms. The summed E-state index contributed by atoms with van der Waals surface area (Å²) in [6.45, 7) is 1.13. The number of nitrogens with two attached hydrogens (primary N) is 1. The Labute approximate surface area is 166 Å². The average molecular weight is 415 g/mol. The monoisotopic (exact) mass is 415 g/mol. The van der Waals surface area contributed by atoms with Crippen LogP contribution in [0.1, 0.15) is 39.0 Å². The Morgan fingerprint density at radius 2 is 1.66 bits per heavy atom. The first-order chi connectivity index (χ1) is 13.4. The number of carbonyl (C=O) groups is 6. The summed E-state index contributed by atoms with van der Waals surface area (Å²) in [6.07, 6.45) is -1.71. The van der Waals surface area contributed by atoms with Crippen LogP contribution in [0.15, 0.2) is 0 Å². The van der Waals surface area contributed by atoms with E-state index >= 15 is 0 Å². The molecule has 0 saturated carbocycles. The summed E-state index contributed by atoms with van der Waals surface area (Å²) in [6, 6.07) is -3.53. The molecule has 4 atom stereocenters. The van der Waals surface area contributed by atoms with Crippen molar-refractivity contribution in [1.29, 1.82) is 0 Å². The summed E-state index contributed by atoms with van der Waals surface area (Å²) in [5, 5.41) is 29.3. The van der Waals surface area contributed by atoms with Crippen LogP contribution >= 0.6 is 0 Å². The zero-order valence-corrected chi connectivity index (χ0v) is 15.9. The molecule has 0 aromatic carbocycles.